The van der Waals surface area contributed by atoms with Gasteiger partial charge in [0.1, 0.15) is 9.87 Å². The molecule has 0 spiro atoms. The zero-order valence-corrected chi connectivity index (χ0v) is 11.6. The maximum Gasteiger partial charge on any atom is 0.416 e. The fourth-order valence-electron chi connectivity index (χ4n) is 1.46. The van der Waals surface area contributed by atoms with E-state index >= 15 is 0 Å². The highest BCUT2D eigenvalue weighted by atomic mass is 32.1. The second-order valence-electron chi connectivity index (χ2n) is 3.82. The Labute approximate surface area is 125 Å². The Morgan fingerprint density at radius 2 is 2.00 bits per heavy atom. The normalized spacial score (nSPS) is 11.7. The molecule has 0 aliphatic carbocycles. The van der Waals surface area contributed by atoms with Gasteiger partial charge in [0, 0.05) is 5.69 Å². The topological polar surface area (TPSA) is 37.8 Å². The van der Waals surface area contributed by atoms with Gasteiger partial charge in [0.25, 0.3) is 6.43 Å². The van der Waals surface area contributed by atoms with Gasteiger partial charge in [0.05, 0.1) is 5.56 Å². The Hall–Kier alpha value is -1.68. The lowest BCUT2D eigenvalue weighted by Crippen LogP contribution is -2.12. The molecule has 3 nitrogen and oxygen atoms in total. The van der Waals surface area contributed by atoms with Crippen LogP contribution in [0, 0.1) is 0 Å². The van der Waals surface area contributed by atoms with E-state index < -0.39 is 23.9 Å². The highest BCUT2D eigenvalue weighted by molar-refractivity contribution is 7.81. The van der Waals surface area contributed by atoms with Crippen molar-refractivity contribution in [2.75, 3.05) is 5.32 Å². The van der Waals surface area contributed by atoms with Gasteiger partial charge in [0.2, 0.25) is 0 Å². The number of benzene rings is 1. The fraction of sp³-hybridized carbons (Fsp3) is 0.182. The van der Waals surface area contributed by atoms with Crippen molar-refractivity contribution in [2.24, 2.45) is 0 Å². The lowest BCUT2D eigenvalue weighted by molar-refractivity contribution is -0.137. The van der Waals surface area contributed by atoms with Crippen molar-refractivity contribution in [3.05, 3.63) is 40.4 Å². The third-order valence-corrected chi connectivity index (χ3v) is 3.57. The summed E-state index contributed by atoms with van der Waals surface area (Å²) < 4.78 is 66.4. The maximum absolute atomic E-state index is 12.6. The van der Waals surface area contributed by atoms with Crippen LogP contribution >= 0.6 is 23.8 Å². The summed E-state index contributed by atoms with van der Waals surface area (Å²) in [5.41, 5.74) is -1.42. The van der Waals surface area contributed by atoms with E-state index in [9.17, 15) is 22.0 Å². The van der Waals surface area contributed by atoms with Crippen molar-refractivity contribution in [3.8, 4) is 0 Å². The molecule has 0 saturated carbocycles. The highest BCUT2D eigenvalue weighted by Crippen LogP contribution is 2.31. The van der Waals surface area contributed by atoms with E-state index in [0.717, 1.165) is 12.1 Å². The van der Waals surface area contributed by atoms with Gasteiger partial charge in [-0.2, -0.15) is 13.2 Å². The van der Waals surface area contributed by atoms with Crippen molar-refractivity contribution in [3.63, 3.8) is 0 Å². The number of thiocarbonyl (C=S) groups is 1. The van der Waals surface area contributed by atoms with Gasteiger partial charge in [0.15, 0.2) is 5.69 Å². The number of rotatable bonds is 3. The predicted molar refractivity (Wildman–Crippen MR) is 71.6 cm³/mol. The van der Waals surface area contributed by atoms with E-state index in [1.54, 1.807) is 0 Å². The SMILES string of the molecule is FC(F)c1nnsc1C(=S)Nc1cccc(C(F)(F)F)c1. The van der Waals surface area contributed by atoms with Gasteiger partial charge >= 0.3 is 6.18 Å². The first-order valence-electron chi connectivity index (χ1n) is 5.38. The van der Waals surface area contributed by atoms with Crippen LogP contribution in [-0.2, 0) is 6.18 Å². The van der Waals surface area contributed by atoms with Crippen molar-refractivity contribution in [1.82, 2.24) is 9.59 Å². The maximum atomic E-state index is 12.6. The van der Waals surface area contributed by atoms with Crippen molar-refractivity contribution < 1.29 is 22.0 Å². The van der Waals surface area contributed by atoms with Crippen molar-refractivity contribution in [1.29, 1.82) is 0 Å². The van der Waals surface area contributed by atoms with Gasteiger partial charge in [-0.05, 0) is 29.7 Å². The second kappa shape index (κ2) is 5.98. The summed E-state index contributed by atoms with van der Waals surface area (Å²) in [5.74, 6) is 0. The Morgan fingerprint density at radius 1 is 1.29 bits per heavy atom. The lowest BCUT2D eigenvalue weighted by Gasteiger charge is -2.10. The molecule has 0 bridgehead atoms. The van der Waals surface area contributed by atoms with Crippen molar-refractivity contribution >= 4 is 34.4 Å². The number of hydrogen-bond donors (Lipinski definition) is 1. The molecule has 0 aliphatic heterocycles. The third kappa shape index (κ3) is 3.70. The summed E-state index contributed by atoms with van der Waals surface area (Å²) in [5, 5.41) is 5.73. The summed E-state index contributed by atoms with van der Waals surface area (Å²) in [7, 11) is 0. The van der Waals surface area contributed by atoms with Gasteiger partial charge < -0.3 is 5.32 Å². The fourth-order valence-corrected chi connectivity index (χ4v) is 2.36. The number of anilines is 1. The van der Waals surface area contributed by atoms with Crippen LogP contribution in [0.15, 0.2) is 24.3 Å². The molecule has 0 saturated heterocycles. The average Bonchev–Trinajstić information content (AvgIpc) is 2.87. The van der Waals surface area contributed by atoms with Gasteiger partial charge in [-0.25, -0.2) is 8.78 Å². The van der Waals surface area contributed by atoms with Crippen LogP contribution in [0.1, 0.15) is 22.6 Å². The molecule has 1 heterocycles. The number of alkyl halides is 5. The molecular formula is C11H6F5N3S2. The van der Waals surface area contributed by atoms with Crippen LogP contribution in [-0.4, -0.2) is 14.6 Å². The molecule has 2 rings (SSSR count). The third-order valence-electron chi connectivity index (χ3n) is 2.37. The quantitative estimate of drug-likeness (QED) is 0.669. The molecule has 1 aromatic carbocycles. The molecule has 21 heavy (non-hydrogen) atoms. The summed E-state index contributed by atoms with van der Waals surface area (Å²) in [4.78, 5) is -0.225. The Balaban J connectivity index is 2.22. The minimum absolute atomic E-state index is 0.0449. The highest BCUT2D eigenvalue weighted by Gasteiger charge is 2.30. The Bertz CT molecular complexity index is 653. The summed E-state index contributed by atoms with van der Waals surface area (Å²) in [6.45, 7) is 0. The van der Waals surface area contributed by atoms with Crippen LogP contribution < -0.4 is 5.32 Å². The number of hydrogen-bond acceptors (Lipinski definition) is 4. The molecule has 1 N–H and O–H groups in total. The van der Waals surface area contributed by atoms with E-state index in [2.05, 4.69) is 14.9 Å². The molecule has 2 aromatic rings. The molecule has 112 valence electrons. The molecule has 0 radical (unpaired) electrons. The molecule has 0 fully saturated rings. The number of nitrogens with one attached hydrogen (secondary N) is 1. The van der Waals surface area contributed by atoms with E-state index in [0.29, 0.717) is 11.5 Å². The average molecular weight is 339 g/mol. The molecule has 0 amide bonds. The molecule has 0 atom stereocenters. The first kappa shape index (κ1) is 15.7. The van der Waals surface area contributed by atoms with Crippen LogP contribution in [0.5, 0.6) is 0 Å². The van der Waals surface area contributed by atoms with Gasteiger partial charge in [-0.3, -0.25) is 0 Å². The minimum Gasteiger partial charge on any atom is -0.345 e. The van der Waals surface area contributed by atoms with E-state index in [4.69, 9.17) is 12.2 Å². The second-order valence-corrected chi connectivity index (χ2v) is 4.98. The first-order chi connectivity index (χ1) is 9.79. The molecule has 0 aliphatic rings. The number of halogens is 5. The number of aromatic nitrogens is 2. The van der Waals surface area contributed by atoms with Crippen LogP contribution in [0.4, 0.5) is 27.6 Å². The van der Waals surface area contributed by atoms with Crippen LogP contribution in [0.2, 0.25) is 0 Å². The summed E-state index contributed by atoms with van der Waals surface area (Å²) >= 11 is 5.55. The van der Waals surface area contributed by atoms with E-state index in [1.807, 2.05) is 0 Å². The standard InChI is InChI=1S/C11H6F5N3S2/c12-9(13)7-8(21-19-18-7)10(20)17-6-3-1-2-5(4-6)11(14,15)16/h1-4,9H,(H,17,20). The van der Waals surface area contributed by atoms with Crippen LogP contribution in [0.25, 0.3) is 0 Å². The zero-order chi connectivity index (χ0) is 15.6. The monoisotopic (exact) mass is 339 g/mol. The molecule has 1 aromatic heterocycles. The Kier molecular flexibility index (Phi) is 4.47. The predicted octanol–water partition coefficient (Wildman–Crippen LogP) is 4.28. The molecule has 10 heteroatoms. The van der Waals surface area contributed by atoms with E-state index in [-0.39, 0.29) is 15.6 Å². The minimum atomic E-state index is -4.50. The van der Waals surface area contributed by atoms with Gasteiger partial charge in [-0.15, -0.1) is 5.10 Å². The van der Waals surface area contributed by atoms with Crippen LogP contribution in [0.3, 0.4) is 0 Å². The molecule has 0 unspecified atom stereocenters. The summed E-state index contributed by atoms with van der Waals surface area (Å²) in [6, 6.07) is 4.26. The molecular weight excluding hydrogens is 333 g/mol. The van der Waals surface area contributed by atoms with E-state index in [1.165, 1.54) is 12.1 Å². The van der Waals surface area contributed by atoms with Crippen molar-refractivity contribution in [2.45, 2.75) is 12.6 Å². The zero-order valence-electron chi connectivity index (χ0n) is 9.99. The summed E-state index contributed by atoms with van der Waals surface area (Å²) in [6.07, 6.45) is -7.36. The van der Waals surface area contributed by atoms with Gasteiger partial charge in [-0.1, -0.05) is 22.8 Å². The Morgan fingerprint density at radius 3 is 2.62 bits per heavy atom. The number of nitrogens with zero attached hydrogens (tertiary/aromatic N) is 2. The largest absolute Gasteiger partial charge is 0.416 e. The first-order valence-corrected chi connectivity index (χ1v) is 6.56. The lowest BCUT2D eigenvalue weighted by atomic mass is 10.2. The smallest absolute Gasteiger partial charge is 0.345 e.